The largest absolute Gasteiger partial charge is 0.465 e. The van der Waals surface area contributed by atoms with Gasteiger partial charge in [0.15, 0.2) is 0 Å². The molecule has 3 N–H and O–H groups in total. The fourth-order valence-electron chi connectivity index (χ4n) is 3.75. The van der Waals surface area contributed by atoms with E-state index in [1.54, 1.807) is 0 Å². The molecular weight excluding hydrogens is 503 g/mol. The van der Waals surface area contributed by atoms with Crippen molar-refractivity contribution in [3.8, 4) is 0 Å². The van der Waals surface area contributed by atoms with Crippen molar-refractivity contribution in [3.05, 3.63) is 65.0 Å². The predicted octanol–water partition coefficient (Wildman–Crippen LogP) is 4.19. The number of carbonyl (C=O) groups is 2. The lowest BCUT2D eigenvalue weighted by molar-refractivity contribution is -0.376. The van der Waals surface area contributed by atoms with Crippen LogP contribution in [0.25, 0.3) is 0 Å². The van der Waals surface area contributed by atoms with Crippen LogP contribution >= 0.6 is 0 Å². The van der Waals surface area contributed by atoms with Crippen LogP contribution in [0.3, 0.4) is 0 Å². The molecule has 0 saturated carbocycles. The molecule has 0 aromatic heterocycles. The Morgan fingerprint density at radius 2 is 1.44 bits per heavy atom. The van der Waals surface area contributed by atoms with Crippen molar-refractivity contribution in [2.45, 2.75) is 24.5 Å². The van der Waals surface area contributed by atoms with E-state index in [0.29, 0.717) is 30.8 Å². The van der Waals surface area contributed by atoms with Crippen molar-refractivity contribution in [1.82, 2.24) is 9.80 Å². The number of alkyl halides is 6. The van der Waals surface area contributed by atoms with Gasteiger partial charge in [0.1, 0.15) is 5.82 Å². The van der Waals surface area contributed by atoms with E-state index >= 15 is 0 Å². The summed E-state index contributed by atoms with van der Waals surface area (Å²) in [6.45, 7) is 1.25. The molecule has 2 aromatic carbocycles. The van der Waals surface area contributed by atoms with Crippen LogP contribution in [0, 0.1) is 5.82 Å². The lowest BCUT2D eigenvalue weighted by Gasteiger charge is -2.35. The first-order valence-electron chi connectivity index (χ1n) is 10.4. The zero-order chi connectivity index (χ0) is 26.9. The molecule has 0 radical (unpaired) electrons. The summed E-state index contributed by atoms with van der Waals surface area (Å²) in [4.78, 5) is 26.5. The number of hydrogen-bond acceptors (Lipinski definition) is 4. The van der Waals surface area contributed by atoms with Crippen LogP contribution in [0.1, 0.15) is 21.5 Å². The van der Waals surface area contributed by atoms with Gasteiger partial charge in [-0.2, -0.15) is 26.3 Å². The van der Waals surface area contributed by atoms with E-state index in [9.17, 15) is 45.4 Å². The van der Waals surface area contributed by atoms with Gasteiger partial charge in [-0.15, -0.1) is 0 Å². The van der Waals surface area contributed by atoms with Gasteiger partial charge >= 0.3 is 18.4 Å². The first-order valence-corrected chi connectivity index (χ1v) is 10.4. The number of aliphatic hydroxyl groups is 1. The van der Waals surface area contributed by atoms with Crippen LogP contribution in [0.2, 0.25) is 0 Å². The lowest BCUT2D eigenvalue weighted by atomic mass is 9.91. The summed E-state index contributed by atoms with van der Waals surface area (Å²) in [6.07, 6.45) is -13.4. The van der Waals surface area contributed by atoms with E-state index in [0.717, 1.165) is 24.3 Å². The molecule has 1 aliphatic rings. The van der Waals surface area contributed by atoms with Crippen molar-refractivity contribution in [2.24, 2.45) is 0 Å². The van der Waals surface area contributed by atoms with Crippen molar-refractivity contribution < 1.29 is 50.5 Å². The van der Waals surface area contributed by atoms with Gasteiger partial charge in [0.25, 0.3) is 11.5 Å². The molecule has 0 unspecified atom stereocenters. The van der Waals surface area contributed by atoms with Crippen LogP contribution in [-0.2, 0) is 12.1 Å². The number of amides is 2. The molecule has 1 aliphatic heterocycles. The molecule has 0 spiro atoms. The Kier molecular flexibility index (Phi) is 7.50. The number of halogens is 7. The second-order valence-corrected chi connectivity index (χ2v) is 8.10. The molecule has 2 aromatic rings. The zero-order valence-corrected chi connectivity index (χ0v) is 18.3. The van der Waals surface area contributed by atoms with Crippen LogP contribution in [0.4, 0.5) is 41.2 Å². The fourth-order valence-corrected chi connectivity index (χ4v) is 3.75. The molecular formula is C22H20F7N3O4. The normalized spacial score (nSPS) is 15.6. The Morgan fingerprint density at radius 3 is 1.92 bits per heavy atom. The molecule has 36 heavy (non-hydrogen) atoms. The Hall–Kier alpha value is -3.39. The summed E-state index contributed by atoms with van der Waals surface area (Å²) in [5.74, 6) is -1.41. The van der Waals surface area contributed by atoms with Crippen molar-refractivity contribution in [3.63, 3.8) is 0 Å². The monoisotopic (exact) mass is 523 g/mol. The van der Waals surface area contributed by atoms with Gasteiger partial charge in [-0.25, -0.2) is 9.18 Å². The molecule has 0 atom stereocenters. The second-order valence-electron chi connectivity index (χ2n) is 8.10. The van der Waals surface area contributed by atoms with E-state index in [1.807, 2.05) is 10.2 Å². The van der Waals surface area contributed by atoms with E-state index in [-0.39, 0.29) is 30.9 Å². The topological polar surface area (TPSA) is 93.1 Å². The lowest BCUT2D eigenvalue weighted by Crippen LogP contribution is -2.53. The third-order valence-corrected chi connectivity index (χ3v) is 5.72. The highest BCUT2D eigenvalue weighted by molar-refractivity contribution is 5.95. The quantitative estimate of drug-likeness (QED) is 0.512. The van der Waals surface area contributed by atoms with Gasteiger partial charge in [-0.3, -0.25) is 15.0 Å². The summed E-state index contributed by atoms with van der Waals surface area (Å²) < 4.78 is 92.1. The van der Waals surface area contributed by atoms with Crippen LogP contribution < -0.4 is 5.32 Å². The minimum absolute atomic E-state index is 0.00861. The number of rotatable bonds is 5. The number of nitrogens with one attached hydrogen (secondary N) is 1. The fraction of sp³-hybridized carbons (Fsp3) is 0.364. The summed E-state index contributed by atoms with van der Waals surface area (Å²) in [7, 11) is 0. The Bertz CT molecular complexity index is 1100. The zero-order valence-electron chi connectivity index (χ0n) is 18.3. The highest BCUT2D eigenvalue weighted by Crippen LogP contribution is 2.49. The second kappa shape index (κ2) is 9.93. The van der Waals surface area contributed by atoms with Crippen LogP contribution in [0.15, 0.2) is 42.5 Å². The number of hydrogen-bond donors (Lipinski definition) is 3. The van der Waals surface area contributed by atoms with E-state index in [1.165, 1.54) is 11.0 Å². The average molecular weight is 523 g/mol. The Balaban J connectivity index is 1.61. The van der Waals surface area contributed by atoms with Crippen molar-refractivity contribution >= 4 is 17.7 Å². The molecule has 1 fully saturated rings. The minimum atomic E-state index is -5.97. The Morgan fingerprint density at radius 1 is 0.889 bits per heavy atom. The van der Waals surface area contributed by atoms with Gasteiger partial charge in [0, 0.05) is 43.9 Å². The molecule has 7 nitrogen and oxygen atoms in total. The van der Waals surface area contributed by atoms with E-state index < -0.39 is 41.3 Å². The van der Waals surface area contributed by atoms with Crippen LogP contribution in [-0.4, -0.2) is 70.5 Å². The number of piperazine rings is 1. The van der Waals surface area contributed by atoms with Gasteiger partial charge in [0.2, 0.25) is 0 Å². The SMILES string of the molecule is O=C(O)Nc1ccc(C(=O)N2CCN(Cc3ccc(C(O)(C(F)(F)F)C(F)(F)F)cc3)CC2)cc1F. The maximum absolute atomic E-state index is 14.0. The van der Waals surface area contributed by atoms with Gasteiger partial charge in [-0.1, -0.05) is 24.3 Å². The number of nitrogens with zero attached hydrogens (tertiary/aromatic N) is 2. The maximum Gasteiger partial charge on any atom is 0.430 e. The number of carboxylic acid groups (broad SMARTS) is 1. The molecule has 14 heteroatoms. The molecule has 196 valence electrons. The predicted molar refractivity (Wildman–Crippen MR) is 112 cm³/mol. The van der Waals surface area contributed by atoms with Gasteiger partial charge in [0.05, 0.1) is 5.69 Å². The minimum Gasteiger partial charge on any atom is -0.465 e. The summed E-state index contributed by atoms with van der Waals surface area (Å²) >= 11 is 0. The highest BCUT2D eigenvalue weighted by atomic mass is 19.4. The molecule has 1 saturated heterocycles. The number of carbonyl (C=O) groups excluding carboxylic acids is 1. The molecule has 0 bridgehead atoms. The maximum atomic E-state index is 14.0. The van der Waals surface area contributed by atoms with E-state index in [4.69, 9.17) is 5.11 Å². The third kappa shape index (κ3) is 5.54. The standard InChI is InChI=1S/C22H20F7N3O4/c23-16-11-14(3-6-17(16)30-19(34)35)18(33)32-9-7-31(8-10-32)12-13-1-4-15(5-2-13)20(36,21(24,25)26)22(27,28)29/h1-6,11,30,36H,7-10,12H2,(H,34,35). The van der Waals surface area contributed by atoms with Crippen LogP contribution in [0.5, 0.6) is 0 Å². The van der Waals surface area contributed by atoms with E-state index in [2.05, 4.69) is 0 Å². The first-order chi connectivity index (χ1) is 16.6. The third-order valence-electron chi connectivity index (χ3n) is 5.72. The molecule has 0 aliphatic carbocycles. The number of anilines is 1. The number of benzene rings is 2. The first kappa shape index (κ1) is 27.2. The summed E-state index contributed by atoms with van der Waals surface area (Å²) in [5.41, 5.74) is -6.24. The van der Waals surface area contributed by atoms with Crippen molar-refractivity contribution in [1.29, 1.82) is 0 Å². The Labute approximate surface area is 199 Å². The highest BCUT2D eigenvalue weighted by Gasteiger charge is 2.71. The average Bonchev–Trinajstić information content (AvgIpc) is 2.78. The smallest absolute Gasteiger partial charge is 0.430 e. The van der Waals surface area contributed by atoms with Gasteiger partial charge in [-0.05, 0) is 23.8 Å². The molecule has 3 rings (SSSR count). The molecule has 2 amide bonds. The van der Waals surface area contributed by atoms with Gasteiger partial charge < -0.3 is 15.1 Å². The van der Waals surface area contributed by atoms with Crippen molar-refractivity contribution in [2.75, 3.05) is 31.5 Å². The summed E-state index contributed by atoms with van der Waals surface area (Å²) in [6, 6.07) is 6.57. The summed E-state index contributed by atoms with van der Waals surface area (Å²) in [5, 5.41) is 20.0. The molecule has 1 heterocycles.